The van der Waals surface area contributed by atoms with Gasteiger partial charge < -0.3 is 9.47 Å². The molecule has 1 N–H and O–H groups in total. The van der Waals surface area contributed by atoms with E-state index in [1.807, 2.05) is 0 Å². The maximum Gasteiger partial charge on any atom is 0.265 e. The van der Waals surface area contributed by atoms with Crippen LogP contribution >= 0.6 is 0 Å². The van der Waals surface area contributed by atoms with Crippen molar-refractivity contribution in [3.8, 4) is 11.5 Å². The van der Waals surface area contributed by atoms with Crippen molar-refractivity contribution < 1.29 is 17.9 Å². The highest BCUT2D eigenvalue weighted by Crippen LogP contribution is 2.31. The van der Waals surface area contributed by atoms with Crippen LogP contribution in [0.25, 0.3) is 0 Å². The maximum atomic E-state index is 12.4. The smallest absolute Gasteiger partial charge is 0.265 e. The van der Waals surface area contributed by atoms with Crippen LogP contribution in [0.3, 0.4) is 0 Å². The van der Waals surface area contributed by atoms with Gasteiger partial charge in [0, 0.05) is 19.3 Å². The summed E-state index contributed by atoms with van der Waals surface area (Å²) in [5.74, 6) is 0.951. The average Bonchev–Trinajstić information content (AvgIpc) is 2.78. The number of nitrogens with one attached hydrogen (secondary N) is 1. The highest BCUT2D eigenvalue weighted by atomic mass is 32.2. The summed E-state index contributed by atoms with van der Waals surface area (Å²) in [6.07, 6.45) is 1.45. The molecular weight excluding hydrogens is 294 g/mol. The van der Waals surface area contributed by atoms with Crippen LogP contribution in [0.4, 0.5) is 5.69 Å². The second-order valence-electron chi connectivity index (χ2n) is 4.42. The molecule has 0 aliphatic heterocycles. The van der Waals surface area contributed by atoms with Gasteiger partial charge in [-0.3, -0.25) is 9.40 Å². The minimum atomic E-state index is -3.73. The summed E-state index contributed by atoms with van der Waals surface area (Å²) in [4.78, 5) is 0.128. The summed E-state index contributed by atoms with van der Waals surface area (Å²) in [7, 11) is 0.923. The molecule has 114 valence electrons. The van der Waals surface area contributed by atoms with Gasteiger partial charge in [0.2, 0.25) is 0 Å². The van der Waals surface area contributed by atoms with Gasteiger partial charge >= 0.3 is 0 Å². The summed E-state index contributed by atoms with van der Waals surface area (Å²) in [5.41, 5.74) is 0.763. The number of ether oxygens (including phenoxy) is 2. The number of hydrogen-bond donors (Lipinski definition) is 1. The molecule has 0 unspecified atom stereocenters. The number of aromatic nitrogens is 2. The number of rotatable bonds is 5. The minimum Gasteiger partial charge on any atom is -0.497 e. The molecule has 0 saturated carbocycles. The van der Waals surface area contributed by atoms with Crippen LogP contribution in [0, 0.1) is 6.92 Å². The zero-order valence-electron chi connectivity index (χ0n) is 12.2. The highest BCUT2D eigenvalue weighted by molar-refractivity contribution is 7.92. The number of hydrogen-bond acceptors (Lipinski definition) is 5. The predicted molar refractivity (Wildman–Crippen MR) is 78.3 cm³/mol. The third kappa shape index (κ3) is 3.10. The first-order valence-corrected chi connectivity index (χ1v) is 7.61. The second kappa shape index (κ2) is 5.65. The Morgan fingerprint density at radius 3 is 2.48 bits per heavy atom. The first-order valence-electron chi connectivity index (χ1n) is 6.12. The van der Waals surface area contributed by atoms with Crippen LogP contribution in [-0.2, 0) is 17.1 Å². The Morgan fingerprint density at radius 1 is 1.24 bits per heavy atom. The largest absolute Gasteiger partial charge is 0.497 e. The van der Waals surface area contributed by atoms with Gasteiger partial charge in [-0.1, -0.05) is 0 Å². The van der Waals surface area contributed by atoms with Crippen molar-refractivity contribution in [1.29, 1.82) is 0 Å². The van der Waals surface area contributed by atoms with Gasteiger partial charge in [-0.2, -0.15) is 5.10 Å². The summed E-state index contributed by atoms with van der Waals surface area (Å²) in [6.45, 7) is 1.64. The highest BCUT2D eigenvalue weighted by Gasteiger charge is 2.21. The SMILES string of the molecule is COc1ccc(NS(=O)(=O)c2cn(C)nc2C)c(OC)c1. The fraction of sp³-hybridized carbons (Fsp3) is 0.308. The Morgan fingerprint density at radius 2 is 1.95 bits per heavy atom. The van der Waals surface area contributed by atoms with Gasteiger partial charge in [0.15, 0.2) is 0 Å². The van der Waals surface area contributed by atoms with Gasteiger partial charge in [0.1, 0.15) is 16.4 Å². The van der Waals surface area contributed by atoms with E-state index in [1.54, 1.807) is 32.2 Å². The lowest BCUT2D eigenvalue weighted by molar-refractivity contribution is 0.395. The van der Waals surface area contributed by atoms with Crippen LogP contribution < -0.4 is 14.2 Å². The molecule has 0 fully saturated rings. The zero-order chi connectivity index (χ0) is 15.6. The fourth-order valence-electron chi connectivity index (χ4n) is 1.92. The van der Waals surface area contributed by atoms with Gasteiger partial charge in [-0.05, 0) is 19.1 Å². The molecule has 0 atom stereocenters. The lowest BCUT2D eigenvalue weighted by atomic mass is 10.3. The lowest BCUT2D eigenvalue weighted by Crippen LogP contribution is -2.14. The van der Waals surface area contributed by atoms with Crippen molar-refractivity contribution in [2.24, 2.45) is 7.05 Å². The third-order valence-electron chi connectivity index (χ3n) is 2.91. The monoisotopic (exact) mass is 311 g/mol. The Bertz CT molecular complexity index is 753. The van der Waals surface area contributed by atoms with E-state index in [2.05, 4.69) is 9.82 Å². The van der Waals surface area contributed by atoms with Crippen molar-refractivity contribution in [3.05, 3.63) is 30.1 Å². The average molecular weight is 311 g/mol. The molecule has 8 heteroatoms. The summed E-state index contributed by atoms with van der Waals surface area (Å²) >= 11 is 0. The second-order valence-corrected chi connectivity index (χ2v) is 6.07. The Hall–Kier alpha value is -2.22. The van der Waals surface area contributed by atoms with E-state index in [4.69, 9.17) is 9.47 Å². The topological polar surface area (TPSA) is 82.5 Å². The summed E-state index contributed by atoms with van der Waals surface area (Å²) in [5, 5.41) is 4.04. The van der Waals surface area contributed by atoms with E-state index < -0.39 is 10.0 Å². The molecule has 1 aromatic heterocycles. The number of aryl methyl sites for hydroxylation is 2. The fourth-order valence-corrected chi connectivity index (χ4v) is 3.21. The molecule has 1 heterocycles. The number of methoxy groups -OCH3 is 2. The molecule has 1 aromatic carbocycles. The predicted octanol–water partition coefficient (Wildman–Crippen LogP) is 1.55. The zero-order valence-corrected chi connectivity index (χ0v) is 13.1. The molecule has 7 nitrogen and oxygen atoms in total. The van der Waals surface area contributed by atoms with E-state index in [0.29, 0.717) is 22.9 Å². The Balaban J connectivity index is 2.39. The van der Waals surface area contributed by atoms with Gasteiger partial charge in [0.05, 0.1) is 25.6 Å². The standard InChI is InChI=1S/C13H17N3O4S/c1-9-13(8-16(2)14-9)21(17,18)15-11-6-5-10(19-3)7-12(11)20-4/h5-8,15H,1-4H3. The normalized spacial score (nSPS) is 11.2. The van der Waals surface area contributed by atoms with Crippen molar-refractivity contribution in [2.75, 3.05) is 18.9 Å². The maximum absolute atomic E-state index is 12.4. The van der Waals surface area contributed by atoms with Crippen molar-refractivity contribution in [3.63, 3.8) is 0 Å². The molecule has 0 saturated heterocycles. The van der Waals surface area contributed by atoms with Crippen LogP contribution in [-0.4, -0.2) is 32.4 Å². The molecule has 2 rings (SSSR count). The molecule has 0 bridgehead atoms. The van der Waals surface area contributed by atoms with Crippen molar-refractivity contribution in [1.82, 2.24) is 9.78 Å². The van der Waals surface area contributed by atoms with Crippen LogP contribution in [0.5, 0.6) is 11.5 Å². The van der Waals surface area contributed by atoms with E-state index >= 15 is 0 Å². The molecule has 0 aliphatic carbocycles. The molecule has 0 radical (unpaired) electrons. The molecular formula is C13H17N3O4S. The lowest BCUT2D eigenvalue weighted by Gasteiger charge is -2.12. The number of sulfonamides is 1. The van der Waals surface area contributed by atoms with Crippen LogP contribution in [0.15, 0.2) is 29.3 Å². The Kier molecular flexibility index (Phi) is 4.08. The van der Waals surface area contributed by atoms with Crippen molar-refractivity contribution >= 4 is 15.7 Å². The summed E-state index contributed by atoms with van der Waals surface area (Å²) < 4.78 is 39.0. The van der Waals surface area contributed by atoms with E-state index in [9.17, 15) is 8.42 Å². The first kappa shape index (κ1) is 15.2. The number of benzene rings is 1. The number of anilines is 1. The molecule has 2 aromatic rings. The van der Waals surface area contributed by atoms with Gasteiger partial charge in [-0.25, -0.2) is 8.42 Å². The van der Waals surface area contributed by atoms with Crippen LogP contribution in [0.1, 0.15) is 5.69 Å². The summed E-state index contributed by atoms with van der Waals surface area (Å²) in [6, 6.07) is 4.84. The molecule has 0 aliphatic rings. The molecule has 0 spiro atoms. The molecule has 21 heavy (non-hydrogen) atoms. The van der Waals surface area contributed by atoms with Gasteiger partial charge in [0.25, 0.3) is 10.0 Å². The Labute approximate surface area is 123 Å². The van der Waals surface area contributed by atoms with E-state index in [1.165, 1.54) is 25.1 Å². The number of nitrogens with zero attached hydrogens (tertiary/aromatic N) is 2. The van der Waals surface area contributed by atoms with Gasteiger partial charge in [-0.15, -0.1) is 0 Å². The third-order valence-corrected chi connectivity index (χ3v) is 4.38. The van der Waals surface area contributed by atoms with E-state index in [0.717, 1.165) is 0 Å². The van der Waals surface area contributed by atoms with Crippen LogP contribution in [0.2, 0.25) is 0 Å². The van der Waals surface area contributed by atoms with Crippen molar-refractivity contribution in [2.45, 2.75) is 11.8 Å². The quantitative estimate of drug-likeness (QED) is 0.906. The van der Waals surface area contributed by atoms with E-state index in [-0.39, 0.29) is 4.90 Å². The molecule has 0 amide bonds. The minimum absolute atomic E-state index is 0.128. The first-order chi connectivity index (χ1) is 9.87.